The van der Waals surface area contributed by atoms with Crippen LogP contribution in [-0.4, -0.2) is 27.5 Å². The number of aryl methyl sites for hydroxylation is 1. The number of phenols is 2. The molecule has 0 aromatic heterocycles. The van der Waals surface area contributed by atoms with Crippen molar-refractivity contribution in [1.82, 2.24) is 5.32 Å². The fraction of sp³-hybridized carbons (Fsp3) is 0.632. The first kappa shape index (κ1) is 18.4. The van der Waals surface area contributed by atoms with Crippen molar-refractivity contribution in [3.8, 4) is 11.5 Å². The smallest absolute Gasteiger partial charge is 0.404 e. The van der Waals surface area contributed by atoms with Gasteiger partial charge in [-0.1, -0.05) is 39.7 Å². The lowest BCUT2D eigenvalue weighted by Crippen LogP contribution is -2.55. The fourth-order valence-electron chi connectivity index (χ4n) is 4.63. The predicted molar refractivity (Wildman–Crippen MR) is 93.3 cm³/mol. The van der Waals surface area contributed by atoms with Crippen LogP contribution in [0.1, 0.15) is 52.0 Å². The second kappa shape index (κ2) is 7.32. The summed E-state index contributed by atoms with van der Waals surface area (Å²) in [6.07, 6.45) is 3.66. The molecule has 0 spiro atoms. The molecule has 1 fully saturated rings. The summed E-state index contributed by atoms with van der Waals surface area (Å²) in [4.78, 5) is 11.3. The van der Waals surface area contributed by atoms with Crippen LogP contribution in [0.25, 0.3) is 0 Å². The lowest BCUT2D eigenvalue weighted by Gasteiger charge is -2.52. The van der Waals surface area contributed by atoms with Crippen molar-refractivity contribution >= 4 is 6.09 Å². The maximum Gasteiger partial charge on any atom is 0.404 e. The van der Waals surface area contributed by atoms with Crippen molar-refractivity contribution in [1.29, 1.82) is 0 Å². The van der Waals surface area contributed by atoms with E-state index in [4.69, 9.17) is 0 Å². The zero-order valence-electron chi connectivity index (χ0n) is 14.7. The van der Waals surface area contributed by atoms with Gasteiger partial charge in [0.2, 0.25) is 0 Å². The Morgan fingerprint density at radius 3 is 2.58 bits per heavy atom. The Morgan fingerprint density at radius 2 is 2.00 bits per heavy atom. The maximum absolute atomic E-state index is 11.3. The molecule has 0 heterocycles. The van der Waals surface area contributed by atoms with E-state index in [9.17, 15) is 20.1 Å². The average Bonchev–Trinajstić information content (AvgIpc) is 2.49. The van der Waals surface area contributed by atoms with Crippen molar-refractivity contribution in [2.45, 2.75) is 58.9 Å². The van der Waals surface area contributed by atoms with Crippen molar-refractivity contribution in [3.63, 3.8) is 0 Å². The minimum atomic E-state index is -0.957. The van der Waals surface area contributed by atoms with Gasteiger partial charge < -0.3 is 20.6 Å². The van der Waals surface area contributed by atoms with E-state index in [-0.39, 0.29) is 23.0 Å². The number of benzene rings is 1. The molecule has 1 aromatic rings. The van der Waals surface area contributed by atoms with E-state index in [1.54, 1.807) is 6.07 Å². The van der Waals surface area contributed by atoms with E-state index >= 15 is 0 Å². The average molecular weight is 335 g/mol. The van der Waals surface area contributed by atoms with Gasteiger partial charge in [0, 0.05) is 6.04 Å². The van der Waals surface area contributed by atoms with E-state index in [0.29, 0.717) is 11.8 Å². The van der Waals surface area contributed by atoms with Gasteiger partial charge in [-0.15, -0.1) is 0 Å². The summed E-state index contributed by atoms with van der Waals surface area (Å²) in [6.45, 7) is 6.57. The van der Waals surface area contributed by atoms with Gasteiger partial charge in [0.25, 0.3) is 0 Å². The van der Waals surface area contributed by atoms with E-state index in [2.05, 4.69) is 26.1 Å². The molecule has 1 amide bonds. The van der Waals surface area contributed by atoms with E-state index < -0.39 is 6.09 Å². The standard InChI is InChI=1S/C19H29NO4/c1-12(2)19(10-9-14-7-8-15(21)16(22)11-14)13(3)5-4-6-17(19)20-18(23)24/h7-8,11-13,17,20-22H,4-6,9-10H2,1-3H3,(H,23,24)/t13-,17-,19?/m1/s1. The van der Waals surface area contributed by atoms with Crippen LogP contribution in [0, 0.1) is 17.3 Å². The Balaban J connectivity index is 2.26. The van der Waals surface area contributed by atoms with Gasteiger partial charge in [-0.25, -0.2) is 4.79 Å². The lowest BCUT2D eigenvalue weighted by molar-refractivity contribution is 0.00370. The topological polar surface area (TPSA) is 89.8 Å². The molecule has 1 aromatic carbocycles. The van der Waals surface area contributed by atoms with Crippen molar-refractivity contribution in [3.05, 3.63) is 23.8 Å². The second-order valence-corrected chi connectivity index (χ2v) is 7.42. The minimum absolute atomic E-state index is 0.0514. The molecule has 4 N–H and O–H groups in total. The Kier molecular flexibility index (Phi) is 5.62. The highest BCUT2D eigenvalue weighted by atomic mass is 16.4. The van der Waals surface area contributed by atoms with Crippen LogP contribution >= 0.6 is 0 Å². The van der Waals surface area contributed by atoms with Crippen LogP contribution in [0.2, 0.25) is 0 Å². The van der Waals surface area contributed by atoms with Crippen LogP contribution in [0.15, 0.2) is 18.2 Å². The van der Waals surface area contributed by atoms with Crippen LogP contribution in [0.4, 0.5) is 4.79 Å². The molecule has 1 unspecified atom stereocenters. The van der Waals surface area contributed by atoms with E-state index in [0.717, 1.165) is 37.7 Å². The SMILES string of the molecule is CC(C)C1(CCc2ccc(O)c(O)c2)[C@H](C)CCC[C@H]1NC(=O)O. The van der Waals surface area contributed by atoms with Crippen molar-refractivity contribution in [2.24, 2.45) is 17.3 Å². The molecule has 0 aliphatic heterocycles. The van der Waals surface area contributed by atoms with Crippen LogP contribution in [0.3, 0.4) is 0 Å². The van der Waals surface area contributed by atoms with Crippen LogP contribution in [0.5, 0.6) is 11.5 Å². The molecule has 5 nitrogen and oxygen atoms in total. The summed E-state index contributed by atoms with van der Waals surface area (Å²) >= 11 is 0. The van der Waals surface area contributed by atoms with Crippen molar-refractivity contribution in [2.75, 3.05) is 0 Å². The number of rotatable bonds is 5. The fourth-order valence-corrected chi connectivity index (χ4v) is 4.63. The molecule has 1 saturated carbocycles. The highest BCUT2D eigenvalue weighted by Crippen LogP contribution is 2.50. The highest BCUT2D eigenvalue weighted by molar-refractivity contribution is 5.65. The monoisotopic (exact) mass is 335 g/mol. The third-order valence-electron chi connectivity index (χ3n) is 5.96. The third kappa shape index (κ3) is 3.60. The summed E-state index contributed by atoms with van der Waals surface area (Å²) in [5.41, 5.74) is 0.849. The summed E-state index contributed by atoms with van der Waals surface area (Å²) in [7, 11) is 0. The summed E-state index contributed by atoms with van der Waals surface area (Å²) in [6, 6.07) is 4.86. The van der Waals surface area contributed by atoms with Gasteiger partial charge in [-0.3, -0.25) is 0 Å². The number of phenolic OH excluding ortho intramolecular Hbond substituents is 2. The molecule has 1 aliphatic carbocycles. The van der Waals surface area contributed by atoms with Gasteiger partial charge in [0.1, 0.15) is 0 Å². The Hall–Kier alpha value is -1.91. The van der Waals surface area contributed by atoms with Gasteiger partial charge in [-0.2, -0.15) is 0 Å². The third-order valence-corrected chi connectivity index (χ3v) is 5.96. The lowest BCUT2D eigenvalue weighted by atomic mass is 9.56. The first-order chi connectivity index (χ1) is 11.3. The predicted octanol–water partition coefficient (Wildman–Crippen LogP) is 4.13. The van der Waals surface area contributed by atoms with Crippen LogP contribution < -0.4 is 5.32 Å². The molecule has 24 heavy (non-hydrogen) atoms. The molecule has 5 heteroatoms. The Bertz CT molecular complexity index is 587. The van der Waals surface area contributed by atoms with Crippen LogP contribution in [-0.2, 0) is 6.42 Å². The first-order valence-corrected chi connectivity index (χ1v) is 8.77. The molecule has 2 rings (SSSR count). The highest BCUT2D eigenvalue weighted by Gasteiger charge is 2.47. The number of carboxylic acid groups (broad SMARTS) is 1. The zero-order valence-corrected chi connectivity index (χ0v) is 14.7. The number of hydrogen-bond acceptors (Lipinski definition) is 3. The number of hydrogen-bond donors (Lipinski definition) is 4. The maximum atomic E-state index is 11.3. The molecule has 0 radical (unpaired) electrons. The molecular formula is C19H29NO4. The Labute approximate surface area is 143 Å². The van der Waals surface area contributed by atoms with E-state index in [1.807, 2.05) is 6.07 Å². The second-order valence-electron chi connectivity index (χ2n) is 7.42. The number of amides is 1. The number of carbonyl (C=O) groups is 1. The molecule has 3 atom stereocenters. The molecule has 0 bridgehead atoms. The number of aromatic hydroxyl groups is 2. The minimum Gasteiger partial charge on any atom is -0.504 e. The summed E-state index contributed by atoms with van der Waals surface area (Å²) in [5.74, 6) is 0.543. The van der Waals surface area contributed by atoms with Crippen molar-refractivity contribution < 1.29 is 20.1 Å². The van der Waals surface area contributed by atoms with Gasteiger partial charge in [-0.05, 0) is 54.2 Å². The normalized spacial score (nSPS) is 27.2. The van der Waals surface area contributed by atoms with E-state index in [1.165, 1.54) is 6.07 Å². The molecule has 0 saturated heterocycles. The quantitative estimate of drug-likeness (QED) is 0.609. The molecular weight excluding hydrogens is 306 g/mol. The molecule has 134 valence electrons. The summed E-state index contributed by atoms with van der Waals surface area (Å²) in [5, 5.41) is 31.2. The summed E-state index contributed by atoms with van der Waals surface area (Å²) < 4.78 is 0. The Morgan fingerprint density at radius 1 is 1.29 bits per heavy atom. The van der Waals surface area contributed by atoms with Gasteiger partial charge >= 0.3 is 6.09 Å². The number of nitrogens with one attached hydrogen (secondary N) is 1. The van der Waals surface area contributed by atoms with Gasteiger partial charge in [0.15, 0.2) is 11.5 Å². The largest absolute Gasteiger partial charge is 0.504 e. The molecule has 1 aliphatic rings. The first-order valence-electron chi connectivity index (χ1n) is 8.77. The van der Waals surface area contributed by atoms with Gasteiger partial charge in [0.05, 0.1) is 0 Å². The zero-order chi connectivity index (χ0) is 17.9.